The number of thiophene rings is 1. The van der Waals surface area contributed by atoms with Gasteiger partial charge in [-0.05, 0) is 67.2 Å². The summed E-state index contributed by atoms with van der Waals surface area (Å²) < 4.78 is 0. The molecule has 1 atom stereocenters. The Kier molecular flexibility index (Phi) is 4.56. The lowest BCUT2D eigenvalue weighted by Gasteiger charge is -2.34. The number of carbonyl (C=O) groups excluding carboxylic acids is 1. The van der Waals surface area contributed by atoms with Crippen molar-refractivity contribution < 1.29 is 4.79 Å². The molecule has 1 amide bonds. The third-order valence-electron chi connectivity index (χ3n) is 5.48. The highest BCUT2D eigenvalue weighted by atomic mass is 32.1. The van der Waals surface area contributed by atoms with E-state index in [1.807, 2.05) is 12.1 Å². The maximum Gasteiger partial charge on any atom is 0.256 e. The van der Waals surface area contributed by atoms with Crippen LogP contribution in [-0.4, -0.2) is 5.91 Å². The normalized spacial score (nSPS) is 17.5. The van der Waals surface area contributed by atoms with Gasteiger partial charge in [0, 0.05) is 15.9 Å². The molecular formula is C21H27NOS. The number of hydrogen-bond acceptors (Lipinski definition) is 2. The fourth-order valence-corrected chi connectivity index (χ4v) is 4.68. The first-order chi connectivity index (χ1) is 11.3. The van der Waals surface area contributed by atoms with Gasteiger partial charge in [-0.15, -0.1) is 11.3 Å². The molecule has 1 unspecified atom stereocenters. The number of hydrogen-bond donors (Lipinski definition) is 1. The van der Waals surface area contributed by atoms with Crippen molar-refractivity contribution in [1.82, 2.24) is 0 Å². The zero-order chi connectivity index (χ0) is 17.5. The van der Waals surface area contributed by atoms with Gasteiger partial charge in [-0.2, -0.15) is 0 Å². The van der Waals surface area contributed by atoms with Gasteiger partial charge < -0.3 is 5.32 Å². The highest BCUT2D eigenvalue weighted by Gasteiger charge is 2.31. The number of fused-ring (bicyclic) bond motifs is 1. The van der Waals surface area contributed by atoms with E-state index in [1.165, 1.54) is 22.4 Å². The van der Waals surface area contributed by atoms with Crippen molar-refractivity contribution in [2.75, 3.05) is 5.32 Å². The molecule has 1 aromatic heterocycles. The lowest BCUT2D eigenvalue weighted by Crippen LogP contribution is -2.27. The molecule has 0 saturated heterocycles. The highest BCUT2D eigenvalue weighted by Crippen LogP contribution is 2.40. The van der Waals surface area contributed by atoms with Crippen LogP contribution in [0.15, 0.2) is 23.6 Å². The van der Waals surface area contributed by atoms with Crippen molar-refractivity contribution in [3.05, 3.63) is 50.7 Å². The van der Waals surface area contributed by atoms with Crippen LogP contribution in [0.25, 0.3) is 0 Å². The smallest absolute Gasteiger partial charge is 0.256 e. The van der Waals surface area contributed by atoms with E-state index in [9.17, 15) is 4.79 Å². The van der Waals surface area contributed by atoms with Crippen LogP contribution >= 0.6 is 11.3 Å². The largest absolute Gasteiger partial charge is 0.322 e. The Balaban J connectivity index is 1.81. The minimum absolute atomic E-state index is 0.0374. The van der Waals surface area contributed by atoms with Crippen LogP contribution < -0.4 is 5.32 Å². The highest BCUT2D eigenvalue weighted by molar-refractivity contribution is 7.10. The van der Waals surface area contributed by atoms with Gasteiger partial charge in [0.25, 0.3) is 5.91 Å². The van der Waals surface area contributed by atoms with Crippen molar-refractivity contribution in [2.45, 2.75) is 53.9 Å². The van der Waals surface area contributed by atoms with Crippen molar-refractivity contribution in [3.63, 3.8) is 0 Å². The summed E-state index contributed by atoms with van der Waals surface area (Å²) in [5.74, 6) is 0.744. The molecule has 3 rings (SSSR count). The lowest BCUT2D eigenvalue weighted by molar-refractivity contribution is 0.102. The minimum atomic E-state index is 0.0374. The molecule has 1 aliphatic rings. The Labute approximate surface area is 149 Å². The van der Waals surface area contributed by atoms with Crippen molar-refractivity contribution in [1.29, 1.82) is 0 Å². The van der Waals surface area contributed by atoms with E-state index in [-0.39, 0.29) is 5.91 Å². The molecule has 0 saturated carbocycles. The number of nitrogens with one attached hydrogen (secondary N) is 1. The van der Waals surface area contributed by atoms with Gasteiger partial charge in [-0.25, -0.2) is 0 Å². The summed E-state index contributed by atoms with van der Waals surface area (Å²) in [7, 11) is 0. The van der Waals surface area contributed by atoms with Crippen LogP contribution in [0, 0.1) is 25.2 Å². The fraction of sp³-hybridized carbons (Fsp3) is 0.476. The molecule has 0 fully saturated rings. The molecule has 1 aromatic carbocycles. The zero-order valence-corrected chi connectivity index (χ0v) is 16.1. The van der Waals surface area contributed by atoms with E-state index in [0.717, 1.165) is 29.7 Å². The third kappa shape index (κ3) is 3.27. The molecule has 0 bridgehead atoms. The molecule has 3 heteroatoms. The first kappa shape index (κ1) is 17.2. The number of rotatable bonds is 2. The Morgan fingerprint density at radius 2 is 2.00 bits per heavy atom. The average Bonchev–Trinajstić information content (AvgIpc) is 2.94. The summed E-state index contributed by atoms with van der Waals surface area (Å²) >= 11 is 1.76. The molecule has 0 aliphatic heterocycles. The Bertz CT molecular complexity index is 767. The van der Waals surface area contributed by atoms with Crippen LogP contribution in [0.5, 0.6) is 0 Å². The molecule has 0 radical (unpaired) electrons. The van der Waals surface area contributed by atoms with Crippen LogP contribution in [0.4, 0.5) is 5.69 Å². The predicted molar refractivity (Wildman–Crippen MR) is 103 cm³/mol. The molecule has 1 heterocycles. The second kappa shape index (κ2) is 6.36. The van der Waals surface area contributed by atoms with Gasteiger partial charge in [-0.3, -0.25) is 4.79 Å². The molecule has 2 nitrogen and oxygen atoms in total. The second-order valence-electron chi connectivity index (χ2n) is 8.06. The molecule has 128 valence electrons. The van der Waals surface area contributed by atoms with Crippen LogP contribution in [0.3, 0.4) is 0 Å². The van der Waals surface area contributed by atoms with Crippen molar-refractivity contribution >= 4 is 22.9 Å². The zero-order valence-electron chi connectivity index (χ0n) is 15.3. The van der Waals surface area contributed by atoms with Crippen LogP contribution in [0.2, 0.25) is 0 Å². The number of amides is 1. The van der Waals surface area contributed by atoms with Gasteiger partial charge >= 0.3 is 0 Å². The Morgan fingerprint density at radius 3 is 2.71 bits per heavy atom. The SMILES string of the molecule is Cc1cccc(NC(=O)c2csc3c2CCC(C(C)(C)C)C3)c1C. The maximum absolute atomic E-state index is 12.8. The van der Waals surface area contributed by atoms with Crippen LogP contribution in [0.1, 0.15) is 59.1 Å². The summed E-state index contributed by atoms with van der Waals surface area (Å²) in [5, 5.41) is 5.16. The summed E-state index contributed by atoms with van der Waals surface area (Å²) in [6.07, 6.45) is 3.31. The number of benzene rings is 1. The van der Waals surface area contributed by atoms with E-state index < -0.39 is 0 Å². The topological polar surface area (TPSA) is 29.1 Å². The molecule has 0 spiro atoms. The van der Waals surface area contributed by atoms with Crippen LogP contribution in [-0.2, 0) is 12.8 Å². The van der Waals surface area contributed by atoms with Gasteiger partial charge in [0.1, 0.15) is 0 Å². The summed E-state index contributed by atoms with van der Waals surface area (Å²) in [6.45, 7) is 11.1. The van der Waals surface area contributed by atoms with E-state index >= 15 is 0 Å². The summed E-state index contributed by atoms with van der Waals surface area (Å²) in [5.41, 5.74) is 5.76. The standard InChI is InChI=1S/C21H27NOS/c1-13-7-6-8-18(14(13)2)22-20(23)17-12-24-19-11-15(21(3,4)5)9-10-16(17)19/h6-8,12,15H,9-11H2,1-5H3,(H,22,23). The second-order valence-corrected chi connectivity index (χ2v) is 9.02. The first-order valence-corrected chi connectivity index (χ1v) is 9.62. The van der Waals surface area contributed by atoms with Gasteiger partial charge in [-0.1, -0.05) is 32.9 Å². The van der Waals surface area contributed by atoms with Gasteiger partial charge in [0.15, 0.2) is 0 Å². The number of carbonyl (C=O) groups is 1. The van der Waals surface area contributed by atoms with Crippen molar-refractivity contribution in [3.8, 4) is 0 Å². The third-order valence-corrected chi connectivity index (χ3v) is 6.53. The molecule has 24 heavy (non-hydrogen) atoms. The minimum Gasteiger partial charge on any atom is -0.322 e. The molecule has 1 aliphatic carbocycles. The summed E-state index contributed by atoms with van der Waals surface area (Å²) in [4.78, 5) is 14.2. The van der Waals surface area contributed by atoms with E-state index in [1.54, 1.807) is 11.3 Å². The monoisotopic (exact) mass is 341 g/mol. The van der Waals surface area contributed by atoms with Gasteiger partial charge in [0.2, 0.25) is 0 Å². The molecule has 1 N–H and O–H groups in total. The van der Waals surface area contributed by atoms with Crippen molar-refractivity contribution in [2.24, 2.45) is 11.3 Å². The predicted octanol–water partition coefficient (Wildman–Crippen LogP) is 5.77. The lowest BCUT2D eigenvalue weighted by atomic mass is 9.72. The Morgan fingerprint density at radius 1 is 1.25 bits per heavy atom. The maximum atomic E-state index is 12.8. The number of aryl methyl sites for hydroxylation is 1. The van der Waals surface area contributed by atoms with E-state index in [0.29, 0.717) is 11.3 Å². The number of anilines is 1. The average molecular weight is 342 g/mol. The van der Waals surface area contributed by atoms with E-state index in [4.69, 9.17) is 0 Å². The van der Waals surface area contributed by atoms with Gasteiger partial charge in [0.05, 0.1) is 5.56 Å². The fourth-order valence-electron chi connectivity index (χ4n) is 3.52. The Hall–Kier alpha value is -1.61. The van der Waals surface area contributed by atoms with E-state index in [2.05, 4.69) is 51.4 Å². The first-order valence-electron chi connectivity index (χ1n) is 8.74. The summed E-state index contributed by atoms with van der Waals surface area (Å²) in [6, 6.07) is 6.05. The quantitative estimate of drug-likeness (QED) is 0.738. The molecule has 2 aromatic rings. The molecular weight excluding hydrogens is 314 g/mol.